The van der Waals surface area contributed by atoms with E-state index in [0.717, 1.165) is 25.8 Å². The molecule has 0 spiro atoms. The van der Waals surface area contributed by atoms with Crippen molar-refractivity contribution < 1.29 is 9.90 Å². The van der Waals surface area contributed by atoms with Crippen LogP contribution in [0.15, 0.2) is 0 Å². The molecule has 0 radical (unpaired) electrons. The van der Waals surface area contributed by atoms with Crippen molar-refractivity contribution >= 4 is 5.91 Å². The van der Waals surface area contributed by atoms with Crippen LogP contribution in [0.5, 0.6) is 0 Å². The first-order chi connectivity index (χ1) is 7.59. The van der Waals surface area contributed by atoms with Crippen molar-refractivity contribution in [2.24, 2.45) is 5.92 Å². The summed E-state index contributed by atoms with van der Waals surface area (Å²) in [5.74, 6) is 0.342. The summed E-state index contributed by atoms with van der Waals surface area (Å²) < 4.78 is 0. The van der Waals surface area contributed by atoms with Gasteiger partial charge >= 0.3 is 0 Å². The van der Waals surface area contributed by atoms with Crippen LogP contribution in [0.1, 0.15) is 39.5 Å². The van der Waals surface area contributed by atoms with Gasteiger partial charge in [-0.25, -0.2) is 0 Å². The number of aliphatic hydroxyl groups excluding tert-OH is 1. The van der Waals surface area contributed by atoms with E-state index < -0.39 is 0 Å². The molecular weight excluding hydrogens is 204 g/mol. The molecule has 2 unspecified atom stereocenters. The molecule has 2 atom stereocenters. The molecule has 0 saturated heterocycles. The third-order valence-corrected chi connectivity index (χ3v) is 3.09. The molecule has 0 aromatic heterocycles. The maximum Gasteiger partial charge on any atom is 0.221 e. The zero-order valence-corrected chi connectivity index (χ0v) is 10.3. The number of nitrogens with one attached hydrogen (secondary N) is 2. The summed E-state index contributed by atoms with van der Waals surface area (Å²) in [4.78, 5) is 11.5. The van der Waals surface area contributed by atoms with Gasteiger partial charge in [-0.05, 0) is 12.8 Å². The van der Waals surface area contributed by atoms with Crippen molar-refractivity contribution in [2.75, 3.05) is 13.1 Å². The fourth-order valence-electron chi connectivity index (χ4n) is 2.06. The van der Waals surface area contributed by atoms with Crippen molar-refractivity contribution in [3.05, 3.63) is 0 Å². The fourth-order valence-corrected chi connectivity index (χ4v) is 2.06. The maximum absolute atomic E-state index is 11.5. The van der Waals surface area contributed by atoms with Crippen molar-refractivity contribution in [3.63, 3.8) is 0 Å². The SMILES string of the molecule is CC(C)NCCC(=O)NCC1CCCC1O. The Labute approximate surface area is 97.8 Å². The first-order valence-electron chi connectivity index (χ1n) is 6.27. The summed E-state index contributed by atoms with van der Waals surface area (Å²) in [6.45, 7) is 5.47. The number of rotatable bonds is 6. The molecule has 1 fully saturated rings. The third-order valence-electron chi connectivity index (χ3n) is 3.09. The van der Waals surface area contributed by atoms with E-state index in [-0.39, 0.29) is 17.9 Å². The molecule has 4 nitrogen and oxygen atoms in total. The van der Waals surface area contributed by atoms with Gasteiger partial charge in [0.15, 0.2) is 0 Å². The van der Waals surface area contributed by atoms with Crippen LogP contribution in [0.4, 0.5) is 0 Å². The van der Waals surface area contributed by atoms with Crippen molar-refractivity contribution in [1.29, 1.82) is 0 Å². The highest BCUT2D eigenvalue weighted by Crippen LogP contribution is 2.24. The smallest absolute Gasteiger partial charge is 0.221 e. The van der Waals surface area contributed by atoms with Crippen LogP contribution >= 0.6 is 0 Å². The first kappa shape index (κ1) is 13.5. The molecule has 16 heavy (non-hydrogen) atoms. The van der Waals surface area contributed by atoms with Crippen LogP contribution in [0.25, 0.3) is 0 Å². The monoisotopic (exact) mass is 228 g/mol. The summed E-state index contributed by atoms with van der Waals surface area (Å²) >= 11 is 0. The number of amides is 1. The molecule has 0 aromatic carbocycles. The van der Waals surface area contributed by atoms with E-state index >= 15 is 0 Å². The van der Waals surface area contributed by atoms with E-state index in [4.69, 9.17) is 0 Å². The predicted octanol–water partition coefficient (Wildman–Crippen LogP) is 0.652. The molecule has 1 rings (SSSR count). The second-order valence-corrected chi connectivity index (χ2v) is 4.92. The zero-order valence-electron chi connectivity index (χ0n) is 10.3. The summed E-state index contributed by atoms with van der Waals surface area (Å²) in [6.07, 6.45) is 3.30. The molecule has 0 heterocycles. The van der Waals surface area contributed by atoms with E-state index in [0.29, 0.717) is 19.0 Å². The second kappa shape index (κ2) is 6.86. The number of hydrogen-bond acceptors (Lipinski definition) is 3. The van der Waals surface area contributed by atoms with Crippen LogP contribution in [-0.4, -0.2) is 36.2 Å². The standard InChI is InChI=1S/C12H24N2O2/c1-9(2)13-7-6-12(16)14-8-10-4-3-5-11(10)15/h9-11,13,15H,3-8H2,1-2H3,(H,14,16). The lowest BCUT2D eigenvalue weighted by Crippen LogP contribution is -2.35. The minimum Gasteiger partial charge on any atom is -0.393 e. The van der Waals surface area contributed by atoms with Gasteiger partial charge in [0, 0.05) is 31.5 Å². The molecule has 1 amide bonds. The third kappa shape index (κ3) is 4.94. The Bertz CT molecular complexity index is 219. The Morgan fingerprint density at radius 2 is 2.19 bits per heavy atom. The van der Waals surface area contributed by atoms with Crippen molar-refractivity contribution in [2.45, 2.75) is 51.7 Å². The lowest BCUT2D eigenvalue weighted by atomic mass is 10.1. The summed E-state index contributed by atoms with van der Waals surface area (Å²) in [7, 11) is 0. The normalized spacial score (nSPS) is 25.0. The average molecular weight is 228 g/mol. The lowest BCUT2D eigenvalue weighted by molar-refractivity contribution is -0.121. The number of carbonyl (C=O) groups is 1. The Balaban J connectivity index is 2.05. The predicted molar refractivity (Wildman–Crippen MR) is 64.1 cm³/mol. The van der Waals surface area contributed by atoms with Gasteiger partial charge in [0.25, 0.3) is 0 Å². The zero-order chi connectivity index (χ0) is 12.0. The molecule has 94 valence electrons. The molecule has 3 N–H and O–H groups in total. The van der Waals surface area contributed by atoms with Gasteiger partial charge in [0.05, 0.1) is 6.10 Å². The van der Waals surface area contributed by atoms with Gasteiger partial charge in [-0.2, -0.15) is 0 Å². The highest BCUT2D eigenvalue weighted by atomic mass is 16.3. The minimum atomic E-state index is -0.214. The number of carbonyl (C=O) groups excluding carboxylic acids is 1. The Morgan fingerprint density at radius 3 is 2.75 bits per heavy atom. The van der Waals surface area contributed by atoms with E-state index in [9.17, 15) is 9.90 Å². The fraction of sp³-hybridized carbons (Fsp3) is 0.917. The quantitative estimate of drug-likeness (QED) is 0.625. The highest BCUT2D eigenvalue weighted by Gasteiger charge is 2.25. The minimum absolute atomic E-state index is 0.0762. The lowest BCUT2D eigenvalue weighted by Gasteiger charge is -2.15. The largest absolute Gasteiger partial charge is 0.393 e. The highest BCUT2D eigenvalue weighted by molar-refractivity contribution is 5.76. The topological polar surface area (TPSA) is 61.4 Å². The molecule has 4 heteroatoms. The molecular formula is C12H24N2O2. The molecule has 0 aliphatic heterocycles. The molecule has 1 aliphatic rings. The van der Waals surface area contributed by atoms with E-state index in [1.54, 1.807) is 0 Å². The Morgan fingerprint density at radius 1 is 1.44 bits per heavy atom. The van der Waals surface area contributed by atoms with Crippen LogP contribution in [0.2, 0.25) is 0 Å². The van der Waals surface area contributed by atoms with Gasteiger partial charge in [-0.15, -0.1) is 0 Å². The number of hydrogen-bond donors (Lipinski definition) is 3. The Kier molecular flexibility index (Phi) is 5.77. The van der Waals surface area contributed by atoms with Gasteiger partial charge in [-0.3, -0.25) is 4.79 Å². The van der Waals surface area contributed by atoms with E-state index in [1.165, 1.54) is 0 Å². The molecule has 1 saturated carbocycles. The van der Waals surface area contributed by atoms with Crippen molar-refractivity contribution in [1.82, 2.24) is 10.6 Å². The molecule has 1 aliphatic carbocycles. The van der Waals surface area contributed by atoms with Gasteiger partial charge in [0.1, 0.15) is 0 Å². The molecule has 0 aromatic rings. The molecule has 0 bridgehead atoms. The first-order valence-corrected chi connectivity index (χ1v) is 6.27. The summed E-state index contributed by atoms with van der Waals surface area (Å²) in [5.41, 5.74) is 0. The van der Waals surface area contributed by atoms with Gasteiger partial charge in [0.2, 0.25) is 5.91 Å². The van der Waals surface area contributed by atoms with Crippen LogP contribution < -0.4 is 10.6 Å². The van der Waals surface area contributed by atoms with E-state index in [2.05, 4.69) is 24.5 Å². The summed E-state index contributed by atoms with van der Waals surface area (Å²) in [5, 5.41) is 15.7. The number of aliphatic hydroxyl groups is 1. The van der Waals surface area contributed by atoms with Crippen LogP contribution in [0, 0.1) is 5.92 Å². The van der Waals surface area contributed by atoms with Crippen LogP contribution in [-0.2, 0) is 4.79 Å². The second-order valence-electron chi connectivity index (χ2n) is 4.92. The Hall–Kier alpha value is -0.610. The van der Waals surface area contributed by atoms with Gasteiger partial charge in [-0.1, -0.05) is 20.3 Å². The van der Waals surface area contributed by atoms with E-state index in [1.807, 2.05) is 0 Å². The average Bonchev–Trinajstić information content (AvgIpc) is 2.60. The maximum atomic E-state index is 11.5. The van der Waals surface area contributed by atoms with Gasteiger partial charge < -0.3 is 15.7 Å². The van der Waals surface area contributed by atoms with Crippen LogP contribution in [0.3, 0.4) is 0 Å². The summed E-state index contributed by atoms with van der Waals surface area (Å²) in [6, 6.07) is 0.421. The van der Waals surface area contributed by atoms with Crippen molar-refractivity contribution in [3.8, 4) is 0 Å².